The summed E-state index contributed by atoms with van der Waals surface area (Å²) >= 11 is 0. The number of carbonyl (C=O) groups is 2. The number of ether oxygens (including phenoxy) is 1. The molecule has 0 unspecified atom stereocenters. The molecule has 0 spiro atoms. The largest absolute Gasteiger partial charge is 0.473 e. The minimum atomic E-state index is -1.82. The fourth-order valence-electron chi connectivity index (χ4n) is 5.52. The highest BCUT2D eigenvalue weighted by atomic mass is 16.5. The Labute approximate surface area is 216 Å². The average molecular weight is 499 g/mol. The van der Waals surface area contributed by atoms with Crippen LogP contribution < -0.4 is 0 Å². The Hall–Kier alpha value is -3.99. The summed E-state index contributed by atoms with van der Waals surface area (Å²) in [5.74, 6) is -2.81. The second kappa shape index (κ2) is 12.3. The van der Waals surface area contributed by atoms with Gasteiger partial charge in [-0.25, -0.2) is 9.59 Å². The number of fused-ring (bicyclic) bond motifs is 3. The zero-order valence-electron chi connectivity index (χ0n) is 20.4. The molecule has 3 fully saturated rings. The smallest absolute Gasteiger partial charge is 0.414 e. The summed E-state index contributed by atoms with van der Waals surface area (Å²) in [5, 5.41) is 24.3. The average Bonchev–Trinajstić information content (AvgIpc) is 2.94. The molecule has 3 aromatic carbocycles. The van der Waals surface area contributed by atoms with Gasteiger partial charge in [-0.05, 0) is 54.6 Å². The molecule has 0 saturated carbocycles. The van der Waals surface area contributed by atoms with Crippen LogP contribution in [0.4, 0.5) is 0 Å². The van der Waals surface area contributed by atoms with Crippen LogP contribution in [0.5, 0.6) is 0 Å². The van der Waals surface area contributed by atoms with Crippen LogP contribution in [0.1, 0.15) is 41.0 Å². The lowest BCUT2D eigenvalue weighted by atomic mass is 9.72. The molecule has 37 heavy (non-hydrogen) atoms. The number of carboxylic acids is 2. The molecule has 3 aliphatic rings. The molecule has 3 aromatic rings. The fraction of sp³-hybridized carbons (Fsp3) is 0.300. The van der Waals surface area contributed by atoms with Crippen molar-refractivity contribution in [3.05, 3.63) is 107 Å². The molecule has 0 radical (unpaired) electrons. The minimum absolute atomic E-state index is 0.152. The van der Waals surface area contributed by atoms with Crippen molar-refractivity contribution in [1.29, 1.82) is 5.26 Å². The van der Waals surface area contributed by atoms with Gasteiger partial charge in [0, 0.05) is 12.0 Å². The summed E-state index contributed by atoms with van der Waals surface area (Å²) in [6, 6.07) is 32.2. The van der Waals surface area contributed by atoms with Gasteiger partial charge in [-0.3, -0.25) is 4.90 Å². The predicted molar refractivity (Wildman–Crippen MR) is 138 cm³/mol. The summed E-state index contributed by atoms with van der Waals surface area (Å²) in [6.45, 7) is 2.77. The third-order valence-corrected chi connectivity index (χ3v) is 7.21. The van der Waals surface area contributed by atoms with Crippen molar-refractivity contribution in [3.63, 3.8) is 0 Å². The summed E-state index contributed by atoms with van der Waals surface area (Å²) in [4.78, 5) is 20.8. The minimum Gasteiger partial charge on any atom is -0.473 e. The van der Waals surface area contributed by atoms with E-state index in [1.807, 2.05) is 24.3 Å². The highest BCUT2D eigenvalue weighted by molar-refractivity contribution is 6.27. The van der Waals surface area contributed by atoms with Crippen LogP contribution in [0.3, 0.4) is 0 Å². The van der Waals surface area contributed by atoms with Gasteiger partial charge in [0.25, 0.3) is 0 Å². The van der Waals surface area contributed by atoms with Crippen molar-refractivity contribution in [1.82, 2.24) is 4.90 Å². The van der Waals surface area contributed by atoms with E-state index in [4.69, 9.17) is 24.5 Å². The SMILES string of the molecule is N#Cc1ccccc1CO[C@@H]1C2CCN(CC2)[C@@H]1C(c1ccccc1)c1ccccc1.O=C(O)C(=O)O. The molecule has 2 N–H and O–H groups in total. The van der Waals surface area contributed by atoms with E-state index in [-0.39, 0.29) is 12.0 Å². The maximum Gasteiger partial charge on any atom is 0.414 e. The van der Waals surface area contributed by atoms with E-state index in [9.17, 15) is 5.26 Å². The number of nitriles is 1. The van der Waals surface area contributed by atoms with E-state index >= 15 is 0 Å². The number of rotatable bonds is 6. The molecule has 3 saturated heterocycles. The van der Waals surface area contributed by atoms with Crippen LogP contribution in [-0.2, 0) is 20.9 Å². The topological polar surface area (TPSA) is 111 Å². The van der Waals surface area contributed by atoms with Crippen molar-refractivity contribution in [2.45, 2.75) is 37.5 Å². The van der Waals surface area contributed by atoms with E-state index in [1.165, 1.54) is 24.0 Å². The fourth-order valence-corrected chi connectivity index (χ4v) is 5.52. The Morgan fingerprint density at radius 1 is 0.865 bits per heavy atom. The number of piperidine rings is 3. The number of carboxylic acid groups (broad SMARTS) is 2. The van der Waals surface area contributed by atoms with Gasteiger partial charge in [0.1, 0.15) is 0 Å². The molecule has 190 valence electrons. The molecule has 7 heteroatoms. The third-order valence-electron chi connectivity index (χ3n) is 7.21. The van der Waals surface area contributed by atoms with Crippen LogP contribution in [-0.4, -0.2) is 52.3 Å². The molecular weight excluding hydrogens is 468 g/mol. The van der Waals surface area contributed by atoms with E-state index in [1.54, 1.807) is 0 Å². The van der Waals surface area contributed by atoms with Crippen LogP contribution >= 0.6 is 0 Å². The van der Waals surface area contributed by atoms with Crippen LogP contribution in [0.25, 0.3) is 0 Å². The molecule has 3 heterocycles. The van der Waals surface area contributed by atoms with E-state index in [0.29, 0.717) is 24.1 Å². The van der Waals surface area contributed by atoms with Crippen molar-refractivity contribution < 1.29 is 24.5 Å². The standard InChI is InChI=1S/C28H28N2O.C2H2O4/c29-19-24-13-7-8-14-25(24)20-31-28-23-15-17-30(18-16-23)27(28)26(21-9-3-1-4-10-21)22-11-5-2-6-12-22;3-1(4)2(5)6/h1-14,23,26-28H,15-18,20H2;(H,3,4)(H,5,6)/t27-,28-;/m1./s1. The van der Waals surface area contributed by atoms with Crippen molar-refractivity contribution in [2.24, 2.45) is 5.92 Å². The summed E-state index contributed by atoms with van der Waals surface area (Å²) < 4.78 is 6.69. The molecule has 7 nitrogen and oxygen atoms in total. The van der Waals surface area contributed by atoms with Gasteiger partial charge in [0.15, 0.2) is 0 Å². The Balaban J connectivity index is 0.000000480. The summed E-state index contributed by atoms with van der Waals surface area (Å²) in [7, 11) is 0. The zero-order valence-corrected chi connectivity index (χ0v) is 20.4. The Morgan fingerprint density at radius 2 is 1.38 bits per heavy atom. The van der Waals surface area contributed by atoms with Gasteiger partial charge in [-0.2, -0.15) is 5.26 Å². The summed E-state index contributed by atoms with van der Waals surface area (Å²) in [5.41, 5.74) is 4.38. The molecule has 2 bridgehead atoms. The maximum atomic E-state index is 9.48. The lowest BCUT2D eigenvalue weighted by Gasteiger charge is -2.53. The first kappa shape index (κ1) is 26.1. The van der Waals surface area contributed by atoms with Gasteiger partial charge in [-0.15, -0.1) is 0 Å². The van der Waals surface area contributed by atoms with Crippen molar-refractivity contribution in [3.8, 4) is 6.07 Å². The van der Waals surface area contributed by atoms with Gasteiger partial charge < -0.3 is 14.9 Å². The normalized spacial score (nSPS) is 21.9. The van der Waals surface area contributed by atoms with Gasteiger partial charge in [0.05, 0.1) is 24.3 Å². The van der Waals surface area contributed by atoms with Gasteiger partial charge in [0.2, 0.25) is 0 Å². The molecule has 0 amide bonds. The van der Waals surface area contributed by atoms with E-state index in [2.05, 4.69) is 71.6 Å². The molecule has 3 aliphatic heterocycles. The monoisotopic (exact) mass is 498 g/mol. The second-order valence-corrected chi connectivity index (χ2v) is 9.32. The Kier molecular flexibility index (Phi) is 8.68. The first-order chi connectivity index (χ1) is 18.0. The number of benzene rings is 3. The lowest BCUT2D eigenvalue weighted by Crippen LogP contribution is -2.60. The molecule has 0 aliphatic carbocycles. The Morgan fingerprint density at radius 3 is 1.89 bits per heavy atom. The summed E-state index contributed by atoms with van der Waals surface area (Å²) in [6.07, 6.45) is 2.54. The van der Waals surface area contributed by atoms with Gasteiger partial charge >= 0.3 is 11.9 Å². The highest BCUT2D eigenvalue weighted by Crippen LogP contribution is 2.43. The van der Waals surface area contributed by atoms with Crippen molar-refractivity contribution in [2.75, 3.05) is 13.1 Å². The van der Waals surface area contributed by atoms with Crippen molar-refractivity contribution >= 4 is 11.9 Å². The number of hydrogen-bond acceptors (Lipinski definition) is 5. The maximum absolute atomic E-state index is 9.48. The lowest BCUT2D eigenvalue weighted by molar-refractivity contribution is -0.159. The van der Waals surface area contributed by atoms with Gasteiger partial charge in [-0.1, -0.05) is 78.9 Å². The zero-order chi connectivity index (χ0) is 26.2. The molecule has 0 aromatic heterocycles. The molecule has 6 rings (SSSR count). The predicted octanol–water partition coefficient (Wildman–Crippen LogP) is 4.53. The number of nitrogens with zero attached hydrogens (tertiary/aromatic N) is 2. The first-order valence-corrected chi connectivity index (χ1v) is 12.4. The molecular formula is C30H30N2O5. The quantitative estimate of drug-likeness (QED) is 0.481. The van der Waals surface area contributed by atoms with Crippen LogP contribution in [0.2, 0.25) is 0 Å². The first-order valence-electron chi connectivity index (χ1n) is 12.4. The van der Waals surface area contributed by atoms with Crippen LogP contribution in [0.15, 0.2) is 84.9 Å². The highest BCUT2D eigenvalue weighted by Gasteiger charge is 2.47. The molecule has 2 atom stereocenters. The number of hydrogen-bond donors (Lipinski definition) is 2. The third kappa shape index (κ3) is 6.23. The van der Waals surface area contributed by atoms with Crippen LogP contribution in [0, 0.1) is 17.2 Å². The van der Waals surface area contributed by atoms with E-state index in [0.717, 1.165) is 18.7 Å². The van der Waals surface area contributed by atoms with E-state index < -0.39 is 11.9 Å². The second-order valence-electron chi connectivity index (χ2n) is 9.32. The number of aliphatic carboxylic acids is 2. The Bertz CT molecular complexity index is 1180.